The van der Waals surface area contributed by atoms with E-state index in [4.69, 9.17) is 4.42 Å². The molecule has 0 atom stereocenters. The molecule has 0 aliphatic rings. The van der Waals surface area contributed by atoms with Crippen molar-refractivity contribution >= 4 is 37.6 Å². The molecule has 18 heavy (non-hydrogen) atoms. The number of aryl methyl sites for hydroxylation is 1. The molecule has 0 unspecified atom stereocenters. The van der Waals surface area contributed by atoms with Crippen LogP contribution in [0.1, 0.15) is 18.2 Å². The number of hydrogen-bond donors (Lipinski definition) is 0. The van der Waals surface area contributed by atoms with Crippen molar-refractivity contribution < 1.29 is 9.21 Å². The first kappa shape index (κ1) is 13.6. The van der Waals surface area contributed by atoms with Gasteiger partial charge in [0.2, 0.25) is 0 Å². The third-order valence-electron chi connectivity index (χ3n) is 2.52. The maximum absolute atomic E-state index is 11.1. The third-order valence-corrected chi connectivity index (χ3v) is 3.77. The molecule has 0 amide bonds. The SMILES string of the molecule is CC(=O)Cc1ccc(-c2c(Br)cc(C)cc2Br)o1. The third kappa shape index (κ3) is 2.93. The highest BCUT2D eigenvalue weighted by Crippen LogP contribution is 2.37. The first-order chi connectivity index (χ1) is 8.47. The van der Waals surface area contributed by atoms with Gasteiger partial charge in [0.25, 0.3) is 0 Å². The van der Waals surface area contributed by atoms with Gasteiger partial charge in [-0.1, -0.05) is 0 Å². The molecular formula is C14H12Br2O2. The van der Waals surface area contributed by atoms with Crippen LogP contribution in [-0.2, 0) is 11.2 Å². The van der Waals surface area contributed by atoms with Gasteiger partial charge in [0, 0.05) is 14.5 Å². The molecule has 2 aromatic rings. The summed E-state index contributed by atoms with van der Waals surface area (Å²) >= 11 is 7.08. The predicted octanol–water partition coefficient (Wildman–Crippen LogP) is 4.91. The van der Waals surface area contributed by atoms with Gasteiger partial charge in [0.05, 0.1) is 6.42 Å². The lowest BCUT2D eigenvalue weighted by Crippen LogP contribution is -1.93. The quantitative estimate of drug-likeness (QED) is 0.767. The number of carbonyl (C=O) groups is 1. The summed E-state index contributed by atoms with van der Waals surface area (Å²) in [5.41, 5.74) is 2.13. The van der Waals surface area contributed by atoms with E-state index >= 15 is 0 Å². The zero-order valence-corrected chi connectivity index (χ0v) is 13.3. The fourth-order valence-electron chi connectivity index (χ4n) is 1.79. The van der Waals surface area contributed by atoms with Crippen molar-refractivity contribution in [2.24, 2.45) is 0 Å². The Morgan fingerprint density at radius 2 is 1.83 bits per heavy atom. The van der Waals surface area contributed by atoms with Crippen molar-refractivity contribution in [2.45, 2.75) is 20.3 Å². The van der Waals surface area contributed by atoms with E-state index in [1.54, 1.807) is 6.92 Å². The Hall–Kier alpha value is -0.870. The van der Waals surface area contributed by atoms with Crippen molar-refractivity contribution in [1.29, 1.82) is 0 Å². The zero-order valence-electron chi connectivity index (χ0n) is 10.1. The number of hydrogen-bond acceptors (Lipinski definition) is 2. The largest absolute Gasteiger partial charge is 0.461 e. The van der Waals surface area contributed by atoms with E-state index < -0.39 is 0 Å². The maximum atomic E-state index is 11.1. The number of Topliss-reactive ketones (excluding diaryl/α,β-unsaturated/α-hetero) is 1. The van der Waals surface area contributed by atoms with Crippen molar-refractivity contribution in [2.75, 3.05) is 0 Å². The summed E-state index contributed by atoms with van der Waals surface area (Å²) in [5.74, 6) is 1.54. The Morgan fingerprint density at radius 3 is 2.39 bits per heavy atom. The van der Waals surface area contributed by atoms with Crippen molar-refractivity contribution in [3.8, 4) is 11.3 Å². The Kier molecular flexibility index (Phi) is 4.07. The Balaban J connectivity index is 2.43. The molecule has 1 aromatic heterocycles. The van der Waals surface area contributed by atoms with Gasteiger partial charge < -0.3 is 4.42 Å². The summed E-state index contributed by atoms with van der Waals surface area (Å²) in [5, 5.41) is 0. The molecular weight excluding hydrogens is 360 g/mol. The first-order valence-corrected chi connectivity index (χ1v) is 7.10. The lowest BCUT2D eigenvalue weighted by atomic mass is 10.1. The first-order valence-electron chi connectivity index (χ1n) is 5.51. The Bertz CT molecular complexity index is 577. The molecule has 1 heterocycles. The molecule has 0 fully saturated rings. The van der Waals surface area contributed by atoms with E-state index in [0.29, 0.717) is 12.2 Å². The monoisotopic (exact) mass is 370 g/mol. The molecule has 0 aliphatic carbocycles. The average Bonchev–Trinajstić information content (AvgIpc) is 2.63. The van der Waals surface area contributed by atoms with Crippen LogP contribution in [0.2, 0.25) is 0 Å². The Labute approximate surface area is 123 Å². The van der Waals surface area contributed by atoms with E-state index in [2.05, 4.69) is 31.9 Å². The normalized spacial score (nSPS) is 10.7. The van der Waals surface area contributed by atoms with Gasteiger partial charge in [-0.3, -0.25) is 4.79 Å². The van der Waals surface area contributed by atoms with Crippen LogP contribution in [0.25, 0.3) is 11.3 Å². The molecule has 1 aromatic carbocycles. The van der Waals surface area contributed by atoms with Crippen LogP contribution >= 0.6 is 31.9 Å². The van der Waals surface area contributed by atoms with Crippen molar-refractivity contribution in [3.05, 3.63) is 44.5 Å². The van der Waals surface area contributed by atoms with E-state index in [1.165, 1.54) is 0 Å². The molecule has 0 radical (unpaired) electrons. The molecule has 0 saturated heterocycles. The van der Waals surface area contributed by atoms with Crippen LogP contribution in [0.15, 0.2) is 37.6 Å². The second-order valence-corrected chi connectivity index (χ2v) is 5.96. The number of halogens is 2. The average molecular weight is 372 g/mol. The zero-order chi connectivity index (χ0) is 13.3. The molecule has 0 N–H and O–H groups in total. The van der Waals surface area contributed by atoms with Gasteiger partial charge >= 0.3 is 0 Å². The summed E-state index contributed by atoms with van der Waals surface area (Å²) in [4.78, 5) is 11.1. The van der Waals surface area contributed by atoms with E-state index in [1.807, 2.05) is 31.2 Å². The van der Waals surface area contributed by atoms with Crippen LogP contribution in [0.5, 0.6) is 0 Å². The summed E-state index contributed by atoms with van der Waals surface area (Å²) in [7, 11) is 0. The van der Waals surface area contributed by atoms with Crippen LogP contribution in [0.4, 0.5) is 0 Å². The van der Waals surface area contributed by atoms with Gasteiger partial charge in [0.15, 0.2) is 0 Å². The highest BCUT2D eigenvalue weighted by Gasteiger charge is 2.13. The molecule has 4 heteroatoms. The van der Waals surface area contributed by atoms with Crippen LogP contribution < -0.4 is 0 Å². The van der Waals surface area contributed by atoms with E-state index in [9.17, 15) is 4.79 Å². The summed E-state index contributed by atoms with van der Waals surface area (Å²) < 4.78 is 7.64. The highest BCUT2D eigenvalue weighted by atomic mass is 79.9. The summed E-state index contributed by atoms with van der Waals surface area (Å²) in [6.07, 6.45) is 0.334. The number of furan rings is 1. The van der Waals surface area contributed by atoms with Crippen molar-refractivity contribution in [3.63, 3.8) is 0 Å². The lowest BCUT2D eigenvalue weighted by Gasteiger charge is -2.06. The summed E-state index contributed by atoms with van der Waals surface area (Å²) in [6, 6.07) is 7.80. The minimum Gasteiger partial charge on any atom is -0.461 e. The van der Waals surface area contributed by atoms with Crippen LogP contribution in [0, 0.1) is 6.92 Å². The van der Waals surface area contributed by atoms with Gasteiger partial charge in [-0.25, -0.2) is 0 Å². The number of benzene rings is 1. The second-order valence-electron chi connectivity index (χ2n) is 4.25. The molecule has 2 nitrogen and oxygen atoms in total. The predicted molar refractivity (Wildman–Crippen MR) is 78.7 cm³/mol. The van der Waals surface area contributed by atoms with E-state index in [0.717, 1.165) is 25.8 Å². The number of carbonyl (C=O) groups excluding carboxylic acids is 1. The minimum atomic E-state index is 0.0953. The lowest BCUT2D eigenvalue weighted by molar-refractivity contribution is -0.116. The number of ketones is 1. The molecule has 0 spiro atoms. The fourth-order valence-corrected chi connectivity index (χ4v) is 3.59. The topological polar surface area (TPSA) is 30.2 Å². The molecule has 0 aliphatic heterocycles. The standard InChI is InChI=1S/C14H12Br2O2/c1-8-5-11(15)14(12(16)6-8)13-4-3-10(18-13)7-9(2)17/h3-6H,7H2,1-2H3. The van der Waals surface area contributed by atoms with Crippen LogP contribution in [0.3, 0.4) is 0 Å². The summed E-state index contributed by atoms with van der Waals surface area (Å²) in [6.45, 7) is 3.59. The van der Waals surface area contributed by atoms with Crippen LogP contribution in [-0.4, -0.2) is 5.78 Å². The van der Waals surface area contributed by atoms with Gasteiger partial charge in [-0.15, -0.1) is 0 Å². The molecule has 2 rings (SSSR count). The maximum Gasteiger partial charge on any atom is 0.137 e. The molecule has 0 bridgehead atoms. The fraction of sp³-hybridized carbons (Fsp3) is 0.214. The van der Waals surface area contributed by atoms with Gasteiger partial charge in [-0.2, -0.15) is 0 Å². The number of rotatable bonds is 3. The second kappa shape index (κ2) is 5.41. The Morgan fingerprint density at radius 1 is 1.22 bits per heavy atom. The smallest absolute Gasteiger partial charge is 0.137 e. The van der Waals surface area contributed by atoms with E-state index in [-0.39, 0.29) is 5.78 Å². The molecule has 94 valence electrons. The van der Waals surface area contributed by atoms with Gasteiger partial charge in [-0.05, 0) is 75.5 Å². The minimum absolute atomic E-state index is 0.0953. The van der Waals surface area contributed by atoms with Crippen molar-refractivity contribution in [1.82, 2.24) is 0 Å². The highest BCUT2D eigenvalue weighted by molar-refractivity contribution is 9.11. The van der Waals surface area contributed by atoms with Gasteiger partial charge in [0.1, 0.15) is 17.3 Å². The molecule has 0 saturated carbocycles.